The van der Waals surface area contributed by atoms with Crippen LogP contribution in [0, 0.1) is 0 Å². The lowest BCUT2D eigenvalue weighted by Gasteiger charge is -2.05. The third-order valence-corrected chi connectivity index (χ3v) is 2.71. The average molecular weight is 313 g/mol. The van der Waals surface area contributed by atoms with E-state index in [1.54, 1.807) is 13.3 Å². The topological polar surface area (TPSA) is 87.1 Å². The molecule has 0 saturated carbocycles. The first kappa shape index (κ1) is 13.1. The minimum absolute atomic E-state index is 0.152. The second kappa shape index (κ2) is 6.03. The maximum atomic E-state index is 5.81. The first-order valence-electron chi connectivity index (χ1n) is 5.38. The Morgan fingerprint density at radius 1 is 1.50 bits per heavy atom. The van der Waals surface area contributed by atoms with Crippen molar-refractivity contribution < 1.29 is 9.26 Å². The van der Waals surface area contributed by atoms with Gasteiger partial charge in [-0.25, -0.2) is 0 Å². The molecule has 2 N–H and O–H groups in total. The van der Waals surface area contributed by atoms with Gasteiger partial charge in [0.2, 0.25) is 11.7 Å². The number of ether oxygens (including phenoxy) is 1. The van der Waals surface area contributed by atoms with Crippen LogP contribution < -0.4 is 5.73 Å². The Bertz CT molecular complexity index is 500. The van der Waals surface area contributed by atoms with Crippen molar-refractivity contribution in [1.29, 1.82) is 0 Å². The molecule has 0 aliphatic carbocycles. The van der Waals surface area contributed by atoms with Crippen LogP contribution >= 0.6 is 15.9 Å². The molecule has 1 unspecified atom stereocenters. The molecule has 18 heavy (non-hydrogen) atoms. The highest BCUT2D eigenvalue weighted by Crippen LogP contribution is 2.16. The number of pyridine rings is 1. The summed E-state index contributed by atoms with van der Waals surface area (Å²) in [5.74, 6) is 0.946. The van der Waals surface area contributed by atoms with E-state index in [9.17, 15) is 0 Å². The molecule has 0 saturated heterocycles. The van der Waals surface area contributed by atoms with Crippen molar-refractivity contribution in [2.24, 2.45) is 5.73 Å². The highest BCUT2D eigenvalue weighted by molar-refractivity contribution is 9.10. The monoisotopic (exact) mass is 312 g/mol. The Kier molecular flexibility index (Phi) is 4.40. The maximum absolute atomic E-state index is 5.81. The Morgan fingerprint density at radius 3 is 3.00 bits per heavy atom. The van der Waals surface area contributed by atoms with Gasteiger partial charge in [0, 0.05) is 30.2 Å². The van der Waals surface area contributed by atoms with Gasteiger partial charge in [0.15, 0.2) is 0 Å². The van der Waals surface area contributed by atoms with Crippen molar-refractivity contribution in [2.45, 2.75) is 12.5 Å². The highest BCUT2D eigenvalue weighted by Gasteiger charge is 2.12. The van der Waals surface area contributed by atoms with Crippen molar-refractivity contribution in [1.82, 2.24) is 15.1 Å². The minimum atomic E-state index is -0.152. The van der Waals surface area contributed by atoms with Crippen LogP contribution in [0.3, 0.4) is 0 Å². The predicted molar refractivity (Wildman–Crippen MR) is 68.8 cm³/mol. The lowest BCUT2D eigenvalue weighted by molar-refractivity contribution is 0.176. The summed E-state index contributed by atoms with van der Waals surface area (Å²) in [6, 6.07) is 3.53. The number of nitrogens with zero attached hydrogens (tertiary/aromatic N) is 3. The van der Waals surface area contributed by atoms with Crippen molar-refractivity contribution in [2.75, 3.05) is 13.7 Å². The molecule has 6 nitrogen and oxygen atoms in total. The molecule has 0 radical (unpaired) electrons. The average Bonchev–Trinajstić information content (AvgIpc) is 2.78. The molecule has 0 aliphatic heterocycles. The number of methoxy groups -OCH3 is 1. The van der Waals surface area contributed by atoms with Gasteiger partial charge in [-0.05, 0) is 28.1 Å². The van der Waals surface area contributed by atoms with Gasteiger partial charge in [0.1, 0.15) is 5.69 Å². The molecule has 0 bridgehead atoms. The van der Waals surface area contributed by atoms with Gasteiger partial charge in [-0.3, -0.25) is 4.98 Å². The molecule has 0 aromatic carbocycles. The number of hydrogen-bond donors (Lipinski definition) is 1. The Balaban J connectivity index is 2.08. The van der Waals surface area contributed by atoms with Gasteiger partial charge in [0.05, 0.1) is 6.61 Å². The van der Waals surface area contributed by atoms with Crippen LogP contribution in [0.1, 0.15) is 5.89 Å². The molecule has 7 heteroatoms. The molecule has 2 aromatic rings. The quantitative estimate of drug-likeness (QED) is 0.898. The minimum Gasteiger partial charge on any atom is -0.383 e. The summed E-state index contributed by atoms with van der Waals surface area (Å²) < 4.78 is 11.0. The summed E-state index contributed by atoms with van der Waals surface area (Å²) >= 11 is 3.32. The summed E-state index contributed by atoms with van der Waals surface area (Å²) in [5, 5.41) is 3.87. The molecule has 0 aliphatic rings. The number of nitrogens with two attached hydrogens (primary N) is 1. The molecule has 0 amide bonds. The summed E-state index contributed by atoms with van der Waals surface area (Å²) in [5.41, 5.74) is 6.47. The van der Waals surface area contributed by atoms with Crippen LogP contribution in [0.4, 0.5) is 0 Å². The molecular weight excluding hydrogens is 300 g/mol. The van der Waals surface area contributed by atoms with Crippen LogP contribution in [0.15, 0.2) is 27.3 Å². The number of rotatable bonds is 5. The molecule has 2 heterocycles. The van der Waals surface area contributed by atoms with Crippen molar-refractivity contribution >= 4 is 15.9 Å². The largest absolute Gasteiger partial charge is 0.383 e. The number of halogens is 1. The van der Waals surface area contributed by atoms with E-state index in [0.29, 0.717) is 30.4 Å². The maximum Gasteiger partial charge on any atom is 0.228 e. The molecule has 96 valence electrons. The van der Waals surface area contributed by atoms with Crippen molar-refractivity contribution in [3.8, 4) is 11.5 Å². The second-order valence-electron chi connectivity index (χ2n) is 3.79. The standard InChI is InChI=1S/C11H13BrN4O2/c1-17-6-8(13)4-10-15-11(16-18-10)9-3-2-7(12)5-14-9/h2-3,5,8H,4,6,13H2,1H3. The van der Waals surface area contributed by atoms with Crippen LogP contribution in [-0.4, -0.2) is 34.9 Å². The van der Waals surface area contributed by atoms with E-state index < -0.39 is 0 Å². The zero-order valence-corrected chi connectivity index (χ0v) is 11.4. The van der Waals surface area contributed by atoms with E-state index in [1.807, 2.05) is 12.1 Å². The second-order valence-corrected chi connectivity index (χ2v) is 4.71. The lowest BCUT2D eigenvalue weighted by atomic mass is 10.2. The van der Waals surface area contributed by atoms with Gasteiger partial charge < -0.3 is 15.0 Å². The third-order valence-electron chi connectivity index (χ3n) is 2.24. The Hall–Kier alpha value is -1.31. The fraction of sp³-hybridized carbons (Fsp3) is 0.364. The van der Waals surface area contributed by atoms with Crippen LogP contribution in [0.2, 0.25) is 0 Å². The van der Waals surface area contributed by atoms with Gasteiger partial charge >= 0.3 is 0 Å². The van der Waals surface area contributed by atoms with E-state index in [0.717, 1.165) is 4.47 Å². The van der Waals surface area contributed by atoms with Gasteiger partial charge in [-0.1, -0.05) is 5.16 Å². The van der Waals surface area contributed by atoms with E-state index in [-0.39, 0.29) is 6.04 Å². The summed E-state index contributed by atoms with van der Waals surface area (Å²) in [4.78, 5) is 8.43. The smallest absolute Gasteiger partial charge is 0.228 e. The molecule has 2 aromatic heterocycles. The Labute approximate surface area is 113 Å². The summed E-state index contributed by atoms with van der Waals surface area (Å²) in [7, 11) is 1.60. The molecular formula is C11H13BrN4O2. The normalized spacial score (nSPS) is 12.6. The third kappa shape index (κ3) is 3.34. The van der Waals surface area contributed by atoms with E-state index in [1.165, 1.54) is 0 Å². The van der Waals surface area contributed by atoms with E-state index >= 15 is 0 Å². The van der Waals surface area contributed by atoms with Crippen LogP contribution in [0.25, 0.3) is 11.5 Å². The van der Waals surface area contributed by atoms with Crippen molar-refractivity contribution in [3.05, 3.63) is 28.7 Å². The number of aromatic nitrogens is 3. The molecule has 0 spiro atoms. The number of hydrogen-bond acceptors (Lipinski definition) is 6. The molecule has 2 rings (SSSR count). The van der Waals surface area contributed by atoms with E-state index in [4.69, 9.17) is 15.0 Å². The lowest BCUT2D eigenvalue weighted by Crippen LogP contribution is -2.28. The fourth-order valence-electron chi connectivity index (χ4n) is 1.45. The fourth-order valence-corrected chi connectivity index (χ4v) is 1.68. The predicted octanol–water partition coefficient (Wildman–Crippen LogP) is 1.41. The molecule has 1 atom stereocenters. The van der Waals surface area contributed by atoms with Gasteiger partial charge in [0.25, 0.3) is 0 Å². The molecule has 0 fully saturated rings. The van der Waals surface area contributed by atoms with Crippen LogP contribution in [0.5, 0.6) is 0 Å². The zero-order valence-electron chi connectivity index (χ0n) is 9.84. The van der Waals surface area contributed by atoms with Gasteiger partial charge in [-0.15, -0.1) is 0 Å². The zero-order chi connectivity index (χ0) is 13.0. The van der Waals surface area contributed by atoms with Crippen molar-refractivity contribution in [3.63, 3.8) is 0 Å². The SMILES string of the molecule is COCC(N)Cc1nc(-c2ccc(Br)cn2)no1. The Morgan fingerprint density at radius 2 is 2.33 bits per heavy atom. The van der Waals surface area contributed by atoms with Crippen LogP contribution in [-0.2, 0) is 11.2 Å². The summed E-state index contributed by atoms with van der Waals surface area (Å²) in [6.45, 7) is 0.453. The van der Waals surface area contributed by atoms with E-state index in [2.05, 4.69) is 31.1 Å². The van der Waals surface area contributed by atoms with Gasteiger partial charge in [-0.2, -0.15) is 4.98 Å². The summed E-state index contributed by atoms with van der Waals surface area (Å²) in [6.07, 6.45) is 2.17. The first-order valence-corrected chi connectivity index (χ1v) is 6.17. The first-order chi connectivity index (χ1) is 8.69. The highest BCUT2D eigenvalue weighted by atomic mass is 79.9.